The highest BCUT2D eigenvalue weighted by molar-refractivity contribution is 6.30. The van der Waals surface area contributed by atoms with Crippen molar-refractivity contribution in [3.8, 4) is 11.3 Å². The molecule has 0 aliphatic carbocycles. The first-order valence-corrected chi connectivity index (χ1v) is 8.36. The van der Waals surface area contributed by atoms with Crippen LogP contribution < -0.4 is 5.32 Å². The molecule has 3 rings (SSSR count). The Morgan fingerprint density at radius 2 is 2.33 bits per heavy atom. The number of aliphatic hydroxyl groups excluding tert-OH is 1. The van der Waals surface area contributed by atoms with Gasteiger partial charge in [0.25, 0.3) is 0 Å². The Labute approximate surface area is 145 Å². The van der Waals surface area contributed by atoms with Crippen LogP contribution in [0.15, 0.2) is 34.9 Å². The van der Waals surface area contributed by atoms with Gasteiger partial charge in [-0.25, -0.2) is 0 Å². The number of amides is 1. The van der Waals surface area contributed by atoms with Crippen molar-refractivity contribution >= 4 is 17.5 Å². The normalized spacial score (nSPS) is 18.5. The van der Waals surface area contributed by atoms with Crippen LogP contribution in [0.4, 0.5) is 0 Å². The van der Waals surface area contributed by atoms with Gasteiger partial charge in [-0.05, 0) is 31.5 Å². The second-order valence-corrected chi connectivity index (χ2v) is 6.43. The SMILES string of the molecule is O=C(CN1CCCC(O)C1)NCc1cc(-c2cccc(Cl)c2)no1. The number of nitrogens with zero attached hydrogens (tertiary/aromatic N) is 2. The lowest BCUT2D eigenvalue weighted by Gasteiger charge is -2.29. The molecule has 7 heteroatoms. The van der Waals surface area contributed by atoms with E-state index in [1.165, 1.54) is 0 Å². The van der Waals surface area contributed by atoms with Crippen molar-refractivity contribution < 1.29 is 14.4 Å². The molecule has 1 aromatic heterocycles. The van der Waals surface area contributed by atoms with Gasteiger partial charge in [0.05, 0.1) is 19.2 Å². The molecule has 128 valence electrons. The summed E-state index contributed by atoms with van der Waals surface area (Å²) in [7, 11) is 0. The molecule has 0 radical (unpaired) electrons. The molecule has 1 amide bonds. The van der Waals surface area contributed by atoms with Crippen molar-refractivity contribution in [1.82, 2.24) is 15.4 Å². The molecule has 1 atom stereocenters. The van der Waals surface area contributed by atoms with E-state index in [0.29, 0.717) is 23.0 Å². The second-order valence-electron chi connectivity index (χ2n) is 6.00. The van der Waals surface area contributed by atoms with Crippen molar-refractivity contribution in [2.45, 2.75) is 25.5 Å². The number of carbonyl (C=O) groups excluding carboxylic acids is 1. The van der Waals surface area contributed by atoms with Crippen LogP contribution in [0.2, 0.25) is 5.02 Å². The maximum absolute atomic E-state index is 12.0. The molecule has 0 saturated carbocycles. The fourth-order valence-electron chi connectivity index (χ4n) is 2.80. The number of benzene rings is 1. The maximum Gasteiger partial charge on any atom is 0.234 e. The van der Waals surface area contributed by atoms with Crippen LogP contribution in [-0.2, 0) is 11.3 Å². The summed E-state index contributed by atoms with van der Waals surface area (Å²) in [5.41, 5.74) is 1.55. The van der Waals surface area contributed by atoms with Gasteiger partial charge in [-0.1, -0.05) is 28.9 Å². The largest absolute Gasteiger partial charge is 0.392 e. The number of halogens is 1. The summed E-state index contributed by atoms with van der Waals surface area (Å²) >= 11 is 5.97. The molecule has 1 fully saturated rings. The summed E-state index contributed by atoms with van der Waals surface area (Å²) in [4.78, 5) is 14.0. The van der Waals surface area contributed by atoms with Crippen LogP contribution in [0.5, 0.6) is 0 Å². The fourth-order valence-corrected chi connectivity index (χ4v) is 2.99. The van der Waals surface area contributed by atoms with E-state index in [2.05, 4.69) is 10.5 Å². The van der Waals surface area contributed by atoms with Gasteiger partial charge in [0, 0.05) is 23.2 Å². The molecule has 24 heavy (non-hydrogen) atoms. The fraction of sp³-hybridized carbons (Fsp3) is 0.412. The highest BCUT2D eigenvalue weighted by atomic mass is 35.5. The third kappa shape index (κ3) is 4.56. The molecule has 1 aliphatic heterocycles. The van der Waals surface area contributed by atoms with Crippen LogP contribution in [0.25, 0.3) is 11.3 Å². The van der Waals surface area contributed by atoms with Crippen LogP contribution in [0, 0.1) is 0 Å². The van der Waals surface area contributed by atoms with Gasteiger partial charge >= 0.3 is 0 Å². The average molecular weight is 350 g/mol. The minimum absolute atomic E-state index is 0.0928. The van der Waals surface area contributed by atoms with Gasteiger partial charge < -0.3 is 14.9 Å². The first-order valence-electron chi connectivity index (χ1n) is 7.99. The number of β-amino-alcohol motifs (C(OH)–C–C–N with tert-alkyl or cyclic N) is 1. The molecule has 0 spiro atoms. The number of aliphatic hydroxyl groups is 1. The Balaban J connectivity index is 1.51. The summed E-state index contributed by atoms with van der Waals surface area (Å²) in [5, 5.41) is 17.1. The van der Waals surface area contributed by atoms with Gasteiger partial charge in [-0.3, -0.25) is 9.69 Å². The summed E-state index contributed by atoms with van der Waals surface area (Å²) in [6.45, 7) is 1.95. The molecule has 0 bridgehead atoms. The zero-order valence-corrected chi connectivity index (χ0v) is 14.0. The maximum atomic E-state index is 12.0. The Morgan fingerprint density at radius 3 is 3.12 bits per heavy atom. The van der Waals surface area contributed by atoms with E-state index < -0.39 is 0 Å². The van der Waals surface area contributed by atoms with Gasteiger partial charge in [0.2, 0.25) is 5.91 Å². The third-order valence-electron chi connectivity index (χ3n) is 3.99. The van der Waals surface area contributed by atoms with Crippen LogP contribution in [-0.4, -0.2) is 46.8 Å². The molecule has 1 unspecified atom stereocenters. The van der Waals surface area contributed by atoms with Crippen LogP contribution in [0.3, 0.4) is 0 Å². The standard InChI is InChI=1S/C17H20ClN3O3/c18-13-4-1-3-12(7-13)16-8-15(24-20-16)9-19-17(23)11-21-6-2-5-14(22)10-21/h1,3-4,7-8,14,22H,2,5-6,9-11H2,(H,19,23). The number of hydrogen-bond donors (Lipinski definition) is 2. The molecule has 6 nitrogen and oxygen atoms in total. The highest BCUT2D eigenvalue weighted by Gasteiger charge is 2.19. The van der Waals surface area contributed by atoms with E-state index in [1.807, 2.05) is 23.1 Å². The lowest BCUT2D eigenvalue weighted by Crippen LogP contribution is -2.44. The Morgan fingerprint density at radius 1 is 1.46 bits per heavy atom. The summed E-state index contributed by atoms with van der Waals surface area (Å²) < 4.78 is 5.25. The topological polar surface area (TPSA) is 78.6 Å². The zero-order valence-electron chi connectivity index (χ0n) is 13.2. The molecule has 1 aromatic carbocycles. The molecule has 2 N–H and O–H groups in total. The Hall–Kier alpha value is -1.89. The smallest absolute Gasteiger partial charge is 0.234 e. The quantitative estimate of drug-likeness (QED) is 0.864. The van der Waals surface area contributed by atoms with Gasteiger partial charge in [0.15, 0.2) is 5.76 Å². The number of piperidine rings is 1. The van der Waals surface area contributed by atoms with Crippen molar-refractivity contribution in [2.24, 2.45) is 0 Å². The van der Waals surface area contributed by atoms with E-state index in [4.69, 9.17) is 16.1 Å². The third-order valence-corrected chi connectivity index (χ3v) is 4.22. The minimum Gasteiger partial charge on any atom is -0.392 e. The van der Waals surface area contributed by atoms with Crippen molar-refractivity contribution in [3.63, 3.8) is 0 Å². The number of aromatic nitrogens is 1. The highest BCUT2D eigenvalue weighted by Crippen LogP contribution is 2.22. The van der Waals surface area contributed by atoms with E-state index >= 15 is 0 Å². The Kier molecular flexibility index (Phi) is 5.50. The lowest BCUT2D eigenvalue weighted by molar-refractivity contribution is -0.123. The lowest BCUT2D eigenvalue weighted by atomic mass is 10.1. The van der Waals surface area contributed by atoms with E-state index in [0.717, 1.165) is 24.9 Å². The first kappa shape index (κ1) is 17.0. The minimum atomic E-state index is -0.332. The average Bonchev–Trinajstić information content (AvgIpc) is 3.02. The van der Waals surface area contributed by atoms with Crippen molar-refractivity contribution in [1.29, 1.82) is 0 Å². The van der Waals surface area contributed by atoms with Crippen LogP contribution >= 0.6 is 11.6 Å². The van der Waals surface area contributed by atoms with Gasteiger partial charge in [-0.15, -0.1) is 0 Å². The van der Waals surface area contributed by atoms with Gasteiger partial charge in [0.1, 0.15) is 5.69 Å². The van der Waals surface area contributed by atoms with Crippen LogP contribution in [0.1, 0.15) is 18.6 Å². The molecular formula is C17H20ClN3O3. The predicted octanol–water partition coefficient (Wildman–Crippen LogP) is 2.07. The van der Waals surface area contributed by atoms with E-state index in [1.54, 1.807) is 12.1 Å². The van der Waals surface area contributed by atoms with E-state index in [9.17, 15) is 9.90 Å². The van der Waals surface area contributed by atoms with E-state index in [-0.39, 0.29) is 25.1 Å². The predicted molar refractivity (Wildman–Crippen MR) is 90.5 cm³/mol. The second kappa shape index (κ2) is 7.79. The zero-order chi connectivity index (χ0) is 16.9. The number of carbonyl (C=O) groups is 1. The Bertz CT molecular complexity index is 704. The first-order chi connectivity index (χ1) is 11.6. The number of nitrogens with one attached hydrogen (secondary N) is 1. The van der Waals surface area contributed by atoms with Crippen molar-refractivity contribution in [2.75, 3.05) is 19.6 Å². The van der Waals surface area contributed by atoms with Gasteiger partial charge in [-0.2, -0.15) is 0 Å². The summed E-state index contributed by atoms with van der Waals surface area (Å²) in [5.74, 6) is 0.488. The molecular weight excluding hydrogens is 330 g/mol. The molecule has 1 saturated heterocycles. The summed E-state index contributed by atoms with van der Waals surface area (Å²) in [6.07, 6.45) is 1.39. The summed E-state index contributed by atoms with van der Waals surface area (Å²) in [6, 6.07) is 9.14. The molecule has 1 aliphatic rings. The molecule has 2 aromatic rings. The number of rotatable bonds is 5. The number of likely N-dealkylation sites (tertiary alicyclic amines) is 1. The molecule has 2 heterocycles. The number of hydrogen-bond acceptors (Lipinski definition) is 5. The van der Waals surface area contributed by atoms with Crippen molar-refractivity contribution in [3.05, 3.63) is 41.1 Å². The monoisotopic (exact) mass is 349 g/mol.